The Balaban J connectivity index is 2.88. The molecule has 0 fully saturated rings. The summed E-state index contributed by atoms with van der Waals surface area (Å²) in [4.78, 5) is 15.7. The van der Waals surface area contributed by atoms with E-state index in [-0.39, 0.29) is 11.7 Å². The van der Waals surface area contributed by atoms with Crippen molar-refractivity contribution in [2.75, 3.05) is 24.3 Å². The maximum absolute atomic E-state index is 11.5. The maximum Gasteiger partial charge on any atom is 0.360 e. The summed E-state index contributed by atoms with van der Waals surface area (Å²) >= 11 is 1.89. The van der Waals surface area contributed by atoms with Crippen molar-refractivity contribution in [2.24, 2.45) is 0 Å². The predicted molar refractivity (Wildman–Crippen MR) is 75.0 cm³/mol. The molecule has 0 spiro atoms. The Hall–Kier alpha value is -1.17. The molecule has 0 aliphatic rings. The van der Waals surface area contributed by atoms with Crippen LogP contribution in [0.25, 0.3) is 0 Å². The summed E-state index contributed by atoms with van der Waals surface area (Å²) in [6.07, 6.45) is 1.00. The molecule has 0 saturated carbocycles. The Morgan fingerprint density at radius 2 is 2.28 bits per heavy atom. The minimum Gasteiger partial charge on any atom is -0.464 e. The van der Waals surface area contributed by atoms with Crippen LogP contribution in [-0.4, -0.2) is 34.1 Å². The van der Waals surface area contributed by atoms with Gasteiger partial charge in [-0.05, 0) is 31.8 Å². The summed E-state index contributed by atoms with van der Waals surface area (Å²) in [6, 6.07) is 0.231. The Morgan fingerprint density at radius 3 is 2.83 bits per heavy atom. The summed E-state index contributed by atoms with van der Waals surface area (Å²) in [5.74, 6) is 2.85. The van der Waals surface area contributed by atoms with Gasteiger partial charge >= 0.3 is 5.97 Å². The van der Waals surface area contributed by atoms with E-state index in [0.29, 0.717) is 5.82 Å². The Bertz CT molecular complexity index is 418. The van der Waals surface area contributed by atoms with Crippen molar-refractivity contribution in [3.63, 3.8) is 0 Å². The molecule has 0 amide bonds. The molecule has 0 bridgehead atoms. The molecule has 1 heterocycles. The second-order valence-electron chi connectivity index (χ2n) is 4.09. The first-order valence-corrected chi connectivity index (χ1v) is 7.18. The Kier molecular flexibility index (Phi) is 5.53. The fraction of sp³-hybridized carbons (Fsp3) is 0.667. The largest absolute Gasteiger partial charge is 0.464 e. The van der Waals surface area contributed by atoms with Gasteiger partial charge < -0.3 is 15.0 Å². The van der Waals surface area contributed by atoms with Crippen LogP contribution in [0.1, 0.15) is 42.6 Å². The van der Waals surface area contributed by atoms with Crippen molar-refractivity contribution in [1.82, 2.24) is 9.55 Å². The molecule has 0 aromatic carbocycles. The van der Waals surface area contributed by atoms with Gasteiger partial charge in [-0.2, -0.15) is 11.8 Å². The minimum atomic E-state index is -0.482. The van der Waals surface area contributed by atoms with Gasteiger partial charge in [0.15, 0.2) is 5.69 Å². The van der Waals surface area contributed by atoms with E-state index >= 15 is 0 Å². The number of methoxy groups -OCH3 is 1. The highest BCUT2D eigenvalue weighted by atomic mass is 32.2. The van der Waals surface area contributed by atoms with Gasteiger partial charge in [-0.1, -0.05) is 6.92 Å². The smallest absolute Gasteiger partial charge is 0.360 e. The van der Waals surface area contributed by atoms with Gasteiger partial charge in [0.1, 0.15) is 11.6 Å². The van der Waals surface area contributed by atoms with Gasteiger partial charge in [-0.15, -0.1) is 0 Å². The Morgan fingerprint density at radius 1 is 1.61 bits per heavy atom. The number of carbonyl (C=O) groups is 1. The predicted octanol–water partition coefficient (Wildman–Crippen LogP) is 2.26. The van der Waals surface area contributed by atoms with Crippen molar-refractivity contribution >= 4 is 23.5 Å². The number of aryl methyl sites for hydroxylation is 1. The van der Waals surface area contributed by atoms with Crippen LogP contribution >= 0.6 is 11.8 Å². The van der Waals surface area contributed by atoms with Gasteiger partial charge in [0.25, 0.3) is 0 Å². The molecule has 0 saturated heterocycles. The number of esters is 1. The molecule has 1 aromatic rings. The van der Waals surface area contributed by atoms with Crippen molar-refractivity contribution in [3.05, 3.63) is 11.5 Å². The topological polar surface area (TPSA) is 70.1 Å². The van der Waals surface area contributed by atoms with Gasteiger partial charge in [0.05, 0.1) is 7.11 Å². The molecule has 18 heavy (non-hydrogen) atoms. The lowest BCUT2D eigenvalue weighted by Crippen LogP contribution is -2.13. The van der Waals surface area contributed by atoms with Crippen molar-refractivity contribution < 1.29 is 9.53 Å². The number of anilines is 1. The average molecular weight is 271 g/mol. The second kappa shape index (κ2) is 6.68. The lowest BCUT2D eigenvalue weighted by Gasteiger charge is -2.16. The van der Waals surface area contributed by atoms with Crippen LogP contribution in [0.4, 0.5) is 5.82 Å². The molecule has 0 aliphatic carbocycles. The highest BCUT2D eigenvalue weighted by Gasteiger charge is 2.21. The monoisotopic (exact) mass is 271 g/mol. The van der Waals surface area contributed by atoms with E-state index in [2.05, 4.69) is 23.6 Å². The standard InChI is InChI=1S/C12H21N3O2S/c1-5-18-7-6-8(2)15-9(3)14-10(11(15)13)12(16)17-4/h8H,5-7,13H2,1-4H3. The van der Waals surface area contributed by atoms with Crippen LogP contribution in [0.3, 0.4) is 0 Å². The highest BCUT2D eigenvalue weighted by Crippen LogP contribution is 2.24. The number of rotatable bonds is 6. The molecule has 6 heteroatoms. The van der Waals surface area contributed by atoms with Crippen LogP contribution in [-0.2, 0) is 4.74 Å². The highest BCUT2D eigenvalue weighted by molar-refractivity contribution is 7.99. The van der Waals surface area contributed by atoms with Crippen LogP contribution in [0, 0.1) is 6.92 Å². The molecule has 5 nitrogen and oxygen atoms in total. The second-order valence-corrected chi connectivity index (χ2v) is 5.48. The fourth-order valence-corrected chi connectivity index (χ4v) is 2.69. The summed E-state index contributed by atoms with van der Waals surface area (Å²) in [7, 11) is 1.33. The summed E-state index contributed by atoms with van der Waals surface area (Å²) < 4.78 is 6.57. The van der Waals surface area contributed by atoms with Gasteiger partial charge in [-0.3, -0.25) is 0 Å². The number of carbonyl (C=O) groups excluding carboxylic acids is 1. The van der Waals surface area contributed by atoms with E-state index in [0.717, 1.165) is 23.8 Å². The third kappa shape index (κ3) is 3.19. The zero-order valence-electron chi connectivity index (χ0n) is 11.4. The Labute approximate surface area is 112 Å². The third-order valence-electron chi connectivity index (χ3n) is 2.83. The number of nitrogens with two attached hydrogens (primary N) is 1. The zero-order valence-corrected chi connectivity index (χ0v) is 12.2. The zero-order chi connectivity index (χ0) is 13.7. The molecule has 0 radical (unpaired) electrons. The average Bonchev–Trinajstić information content (AvgIpc) is 2.64. The molecule has 1 rings (SSSR count). The summed E-state index contributed by atoms with van der Waals surface area (Å²) in [5, 5.41) is 0. The first-order valence-electron chi connectivity index (χ1n) is 6.03. The maximum atomic E-state index is 11.5. The third-order valence-corrected chi connectivity index (χ3v) is 3.76. The van der Waals surface area contributed by atoms with E-state index in [1.807, 2.05) is 23.3 Å². The lowest BCUT2D eigenvalue weighted by atomic mass is 10.2. The number of nitrogen functional groups attached to an aromatic ring is 1. The van der Waals surface area contributed by atoms with Crippen molar-refractivity contribution in [2.45, 2.75) is 33.2 Å². The number of ether oxygens (including phenoxy) is 1. The molecular formula is C12H21N3O2S. The van der Waals surface area contributed by atoms with Gasteiger partial charge in [0, 0.05) is 6.04 Å². The minimum absolute atomic E-state index is 0.213. The fourth-order valence-electron chi connectivity index (χ4n) is 1.89. The summed E-state index contributed by atoms with van der Waals surface area (Å²) in [6.45, 7) is 6.08. The number of thioether (sulfide) groups is 1. The van der Waals surface area contributed by atoms with Gasteiger partial charge in [0.2, 0.25) is 0 Å². The normalized spacial score (nSPS) is 12.4. The number of hydrogen-bond acceptors (Lipinski definition) is 5. The molecule has 102 valence electrons. The molecule has 0 aliphatic heterocycles. The van der Waals surface area contributed by atoms with E-state index < -0.39 is 5.97 Å². The van der Waals surface area contributed by atoms with Crippen molar-refractivity contribution in [3.8, 4) is 0 Å². The van der Waals surface area contributed by atoms with Crippen LogP contribution in [0.5, 0.6) is 0 Å². The lowest BCUT2D eigenvalue weighted by molar-refractivity contribution is 0.0595. The van der Waals surface area contributed by atoms with Gasteiger partial charge in [-0.25, -0.2) is 9.78 Å². The van der Waals surface area contributed by atoms with E-state index in [9.17, 15) is 4.79 Å². The SMILES string of the molecule is CCSCCC(C)n1c(C)nc(C(=O)OC)c1N. The van der Waals surface area contributed by atoms with Crippen molar-refractivity contribution in [1.29, 1.82) is 0 Å². The van der Waals surface area contributed by atoms with E-state index in [1.165, 1.54) is 7.11 Å². The molecule has 1 aromatic heterocycles. The number of nitrogens with zero attached hydrogens (tertiary/aromatic N) is 2. The first-order chi connectivity index (χ1) is 8.52. The molecule has 2 N–H and O–H groups in total. The molecule has 1 unspecified atom stereocenters. The van der Waals surface area contributed by atoms with Crippen LogP contribution in [0.2, 0.25) is 0 Å². The van der Waals surface area contributed by atoms with Crippen LogP contribution in [0.15, 0.2) is 0 Å². The molecule has 1 atom stereocenters. The van der Waals surface area contributed by atoms with Crippen LogP contribution < -0.4 is 5.73 Å². The number of imidazole rings is 1. The van der Waals surface area contributed by atoms with E-state index in [1.54, 1.807) is 0 Å². The summed E-state index contributed by atoms with van der Waals surface area (Å²) in [5.41, 5.74) is 6.19. The van der Waals surface area contributed by atoms with E-state index in [4.69, 9.17) is 5.73 Å². The quantitative estimate of drug-likeness (QED) is 0.635. The number of aromatic nitrogens is 2. The molecular weight excluding hydrogens is 250 g/mol. The number of hydrogen-bond donors (Lipinski definition) is 1. The first kappa shape index (κ1) is 14.9.